The van der Waals surface area contributed by atoms with Gasteiger partial charge in [0.05, 0.1) is 5.56 Å². The lowest BCUT2D eigenvalue weighted by molar-refractivity contribution is 0.0673. The van der Waals surface area contributed by atoms with Crippen LogP contribution in [0.5, 0.6) is 0 Å². The molecular weight excluding hydrogens is 258 g/mol. The lowest BCUT2D eigenvalue weighted by atomic mass is 9.92. The first-order chi connectivity index (χ1) is 9.56. The van der Waals surface area contributed by atoms with Crippen LogP contribution in [0.15, 0.2) is 6.20 Å². The summed E-state index contributed by atoms with van der Waals surface area (Å²) in [6, 6.07) is 0. The predicted octanol–water partition coefficient (Wildman–Crippen LogP) is 2.38. The second kappa shape index (κ2) is 4.89. The maximum atomic E-state index is 11.4. The van der Waals surface area contributed by atoms with E-state index in [0.717, 1.165) is 25.7 Å². The number of pyridine rings is 1. The van der Waals surface area contributed by atoms with Gasteiger partial charge in [0.15, 0.2) is 5.69 Å². The maximum absolute atomic E-state index is 11.4. The van der Waals surface area contributed by atoms with Crippen LogP contribution in [0.1, 0.15) is 57.7 Å². The highest BCUT2D eigenvalue weighted by Crippen LogP contribution is 2.38. The molecule has 2 N–H and O–H groups in total. The fourth-order valence-corrected chi connectivity index (χ4v) is 2.63. The molecule has 0 aliphatic heterocycles. The molecule has 2 fully saturated rings. The molecular formula is C15H17NO4. The van der Waals surface area contributed by atoms with E-state index in [9.17, 15) is 19.8 Å². The molecule has 1 heterocycles. The quantitative estimate of drug-likeness (QED) is 0.832. The van der Waals surface area contributed by atoms with Crippen LogP contribution >= 0.6 is 0 Å². The Morgan fingerprint density at radius 1 is 1.00 bits per heavy atom. The van der Waals surface area contributed by atoms with E-state index in [0.29, 0.717) is 35.8 Å². The third kappa shape index (κ3) is 2.66. The van der Waals surface area contributed by atoms with Gasteiger partial charge in [-0.15, -0.1) is 0 Å². The number of carbonyl (C=O) groups is 2. The summed E-state index contributed by atoms with van der Waals surface area (Å²) in [5.41, 5.74) is 1.58. The zero-order valence-electron chi connectivity index (χ0n) is 11.1. The summed E-state index contributed by atoms with van der Waals surface area (Å²) in [5.74, 6) is -1.07. The van der Waals surface area contributed by atoms with E-state index in [2.05, 4.69) is 4.98 Å². The van der Waals surface area contributed by atoms with Crippen LogP contribution in [0, 0.1) is 11.8 Å². The Bertz CT molecular complexity index is 522. The minimum absolute atomic E-state index is 0.0394. The number of rotatable bonds is 6. The summed E-state index contributed by atoms with van der Waals surface area (Å²) in [5, 5.41) is 18.6. The third-order valence-corrected chi connectivity index (χ3v) is 4.11. The van der Waals surface area contributed by atoms with Crippen molar-refractivity contribution in [2.45, 2.75) is 38.5 Å². The molecule has 0 amide bonds. The molecule has 0 bridgehead atoms. The summed E-state index contributed by atoms with van der Waals surface area (Å²) in [4.78, 5) is 26.6. The SMILES string of the molecule is O=C(O)c1cnc(C(=O)O)c(CC2CC2)c1CC1CC1. The predicted molar refractivity (Wildman–Crippen MR) is 71.0 cm³/mol. The van der Waals surface area contributed by atoms with Gasteiger partial charge >= 0.3 is 11.9 Å². The highest BCUT2D eigenvalue weighted by Gasteiger charge is 2.31. The van der Waals surface area contributed by atoms with Crippen molar-refractivity contribution in [3.8, 4) is 0 Å². The minimum atomic E-state index is -1.06. The maximum Gasteiger partial charge on any atom is 0.354 e. The first kappa shape index (κ1) is 13.1. The van der Waals surface area contributed by atoms with Gasteiger partial charge in [-0.1, -0.05) is 0 Å². The third-order valence-electron chi connectivity index (χ3n) is 4.11. The van der Waals surface area contributed by atoms with Gasteiger partial charge in [0.25, 0.3) is 0 Å². The molecule has 0 saturated heterocycles. The average Bonchev–Trinajstić information content (AvgIpc) is 3.24. The summed E-state index contributed by atoms with van der Waals surface area (Å²) in [6.07, 6.45) is 6.93. The molecule has 2 aliphatic rings. The monoisotopic (exact) mass is 275 g/mol. The van der Waals surface area contributed by atoms with E-state index in [1.807, 2.05) is 0 Å². The Labute approximate surface area is 116 Å². The van der Waals surface area contributed by atoms with E-state index < -0.39 is 11.9 Å². The van der Waals surface area contributed by atoms with Crippen molar-refractivity contribution in [2.24, 2.45) is 11.8 Å². The van der Waals surface area contributed by atoms with Gasteiger partial charge in [-0.3, -0.25) is 0 Å². The first-order valence-electron chi connectivity index (χ1n) is 7.03. The summed E-state index contributed by atoms with van der Waals surface area (Å²) >= 11 is 0. The van der Waals surface area contributed by atoms with Crippen molar-refractivity contribution in [1.82, 2.24) is 4.98 Å². The normalized spacial score (nSPS) is 18.0. The Hall–Kier alpha value is -1.91. The van der Waals surface area contributed by atoms with Crippen LogP contribution in [0.4, 0.5) is 0 Å². The van der Waals surface area contributed by atoms with Crippen LogP contribution in [0.2, 0.25) is 0 Å². The Kier molecular flexibility index (Phi) is 3.20. The molecule has 2 aliphatic carbocycles. The molecule has 1 aromatic rings. The van der Waals surface area contributed by atoms with Gasteiger partial charge in [0.1, 0.15) is 0 Å². The van der Waals surface area contributed by atoms with E-state index >= 15 is 0 Å². The highest BCUT2D eigenvalue weighted by atomic mass is 16.4. The summed E-state index contributed by atoms with van der Waals surface area (Å²) < 4.78 is 0. The van der Waals surface area contributed by atoms with Crippen molar-refractivity contribution in [3.05, 3.63) is 28.6 Å². The summed E-state index contributed by atoms with van der Waals surface area (Å²) in [6.45, 7) is 0. The second-order valence-electron chi connectivity index (χ2n) is 5.88. The molecule has 106 valence electrons. The largest absolute Gasteiger partial charge is 0.478 e. The van der Waals surface area contributed by atoms with E-state index in [1.165, 1.54) is 6.20 Å². The Morgan fingerprint density at radius 2 is 1.55 bits per heavy atom. The van der Waals surface area contributed by atoms with E-state index in [-0.39, 0.29) is 11.3 Å². The van der Waals surface area contributed by atoms with Gasteiger partial charge in [-0.25, -0.2) is 14.6 Å². The molecule has 0 atom stereocenters. The topological polar surface area (TPSA) is 87.5 Å². The van der Waals surface area contributed by atoms with Crippen molar-refractivity contribution in [3.63, 3.8) is 0 Å². The summed E-state index contributed by atoms with van der Waals surface area (Å²) in [7, 11) is 0. The highest BCUT2D eigenvalue weighted by molar-refractivity contribution is 5.93. The molecule has 5 heteroatoms. The minimum Gasteiger partial charge on any atom is -0.478 e. The molecule has 1 aromatic heterocycles. The van der Waals surface area contributed by atoms with Crippen molar-refractivity contribution in [1.29, 1.82) is 0 Å². The molecule has 3 rings (SSSR count). The van der Waals surface area contributed by atoms with Crippen LogP contribution in [-0.2, 0) is 12.8 Å². The fraction of sp³-hybridized carbons (Fsp3) is 0.533. The van der Waals surface area contributed by atoms with Gasteiger partial charge in [0.2, 0.25) is 0 Å². The number of aromatic carboxylic acids is 2. The van der Waals surface area contributed by atoms with Gasteiger partial charge in [-0.2, -0.15) is 0 Å². The van der Waals surface area contributed by atoms with Crippen molar-refractivity contribution < 1.29 is 19.8 Å². The lowest BCUT2D eigenvalue weighted by Gasteiger charge is -2.14. The van der Waals surface area contributed by atoms with E-state index in [4.69, 9.17) is 0 Å². The number of hydrogen-bond acceptors (Lipinski definition) is 3. The molecule has 0 aromatic carbocycles. The molecule has 0 radical (unpaired) electrons. The van der Waals surface area contributed by atoms with Crippen LogP contribution in [-0.4, -0.2) is 27.1 Å². The number of aromatic nitrogens is 1. The average molecular weight is 275 g/mol. The van der Waals surface area contributed by atoms with Crippen LogP contribution in [0.3, 0.4) is 0 Å². The number of hydrogen-bond donors (Lipinski definition) is 2. The van der Waals surface area contributed by atoms with Gasteiger partial charge < -0.3 is 10.2 Å². The second-order valence-corrected chi connectivity index (χ2v) is 5.88. The fourth-order valence-electron chi connectivity index (χ4n) is 2.63. The molecule has 2 saturated carbocycles. The molecule has 20 heavy (non-hydrogen) atoms. The Balaban J connectivity index is 2.08. The number of carboxylic acid groups (broad SMARTS) is 2. The van der Waals surface area contributed by atoms with Crippen LogP contribution < -0.4 is 0 Å². The van der Waals surface area contributed by atoms with Crippen LogP contribution in [0.25, 0.3) is 0 Å². The van der Waals surface area contributed by atoms with Crippen molar-refractivity contribution in [2.75, 3.05) is 0 Å². The lowest BCUT2D eigenvalue weighted by Crippen LogP contribution is -2.15. The number of nitrogens with zero attached hydrogens (tertiary/aromatic N) is 1. The number of carboxylic acids is 2. The molecule has 0 spiro atoms. The molecule has 0 unspecified atom stereocenters. The standard InChI is InChI=1S/C15H17NO4/c17-14(18)12-7-16-13(15(19)20)11(6-9-3-4-9)10(12)5-8-1-2-8/h7-9H,1-6H2,(H,17,18)(H,19,20). The Morgan fingerprint density at radius 3 is 2.00 bits per heavy atom. The molecule has 5 nitrogen and oxygen atoms in total. The zero-order valence-corrected chi connectivity index (χ0v) is 11.1. The zero-order chi connectivity index (χ0) is 14.3. The van der Waals surface area contributed by atoms with Gasteiger partial charge in [0, 0.05) is 6.20 Å². The first-order valence-corrected chi connectivity index (χ1v) is 7.03. The van der Waals surface area contributed by atoms with Gasteiger partial charge in [-0.05, 0) is 61.5 Å². The smallest absolute Gasteiger partial charge is 0.354 e. The van der Waals surface area contributed by atoms with E-state index in [1.54, 1.807) is 0 Å². The van der Waals surface area contributed by atoms with Crippen molar-refractivity contribution >= 4 is 11.9 Å².